The minimum Gasteiger partial charge on any atom is -0.507 e. The highest BCUT2D eigenvalue weighted by molar-refractivity contribution is 5.98. The van der Waals surface area contributed by atoms with Crippen molar-refractivity contribution in [1.29, 1.82) is 0 Å². The molecule has 0 bridgehead atoms. The number of fused-ring (bicyclic) bond motifs is 1. The van der Waals surface area contributed by atoms with E-state index in [1.54, 1.807) is 12.1 Å². The van der Waals surface area contributed by atoms with Gasteiger partial charge in [0.05, 0.1) is 17.4 Å². The average Bonchev–Trinajstić information content (AvgIpc) is 2.62. The lowest BCUT2D eigenvalue weighted by molar-refractivity contribution is 0.449. The van der Waals surface area contributed by atoms with Crippen LogP contribution in [0, 0.1) is 6.07 Å². The zero-order valence-electron chi connectivity index (χ0n) is 13.4. The molecule has 0 aliphatic carbocycles. The van der Waals surface area contributed by atoms with Crippen molar-refractivity contribution in [3.63, 3.8) is 0 Å². The van der Waals surface area contributed by atoms with E-state index >= 15 is 0 Å². The van der Waals surface area contributed by atoms with Crippen LogP contribution < -0.4 is 4.90 Å². The quantitative estimate of drug-likeness (QED) is 0.521. The van der Waals surface area contributed by atoms with E-state index in [4.69, 9.17) is 0 Å². The highest BCUT2D eigenvalue weighted by Gasteiger charge is 2.16. The van der Waals surface area contributed by atoms with Crippen LogP contribution in [0.3, 0.4) is 0 Å². The van der Waals surface area contributed by atoms with Crippen LogP contribution in [-0.2, 0) is 0 Å². The number of benzene rings is 4. The number of anilines is 3. The fourth-order valence-electron chi connectivity index (χ4n) is 3.06. The van der Waals surface area contributed by atoms with Gasteiger partial charge in [-0.3, -0.25) is 0 Å². The van der Waals surface area contributed by atoms with Gasteiger partial charge in [0.2, 0.25) is 0 Å². The van der Waals surface area contributed by atoms with E-state index in [9.17, 15) is 10.2 Å². The Morgan fingerprint density at radius 2 is 1.28 bits per heavy atom. The molecule has 4 rings (SSSR count). The molecule has 4 aromatic rings. The SMILES string of the molecule is Oc1[c]c(O)cc(N(c2ccccc2)c2cccc3ccccc23)c1. The van der Waals surface area contributed by atoms with Crippen LogP contribution in [0.4, 0.5) is 17.1 Å². The van der Waals surface area contributed by atoms with Crippen molar-refractivity contribution >= 4 is 27.8 Å². The molecule has 3 heteroatoms. The lowest BCUT2D eigenvalue weighted by atomic mass is 10.1. The second-order valence-electron chi connectivity index (χ2n) is 5.78. The third kappa shape index (κ3) is 2.88. The van der Waals surface area contributed by atoms with E-state index in [1.165, 1.54) is 0 Å². The Morgan fingerprint density at radius 3 is 2.04 bits per heavy atom. The topological polar surface area (TPSA) is 43.7 Å². The van der Waals surface area contributed by atoms with Gasteiger partial charge < -0.3 is 15.1 Å². The summed E-state index contributed by atoms with van der Waals surface area (Å²) in [6, 6.07) is 29.8. The van der Waals surface area contributed by atoms with Gasteiger partial charge >= 0.3 is 0 Å². The standard InChI is InChI=1S/C22H16NO2/c24-19-13-18(14-20(25)15-19)23(17-9-2-1-3-10-17)22-12-6-8-16-7-4-5-11-21(16)22/h1-14,24-25H. The second kappa shape index (κ2) is 6.21. The normalized spacial score (nSPS) is 10.7. The molecule has 3 nitrogen and oxygen atoms in total. The van der Waals surface area contributed by atoms with Gasteiger partial charge in [-0.15, -0.1) is 0 Å². The number of nitrogens with zero attached hydrogens (tertiary/aromatic N) is 1. The van der Waals surface area contributed by atoms with Gasteiger partial charge in [0, 0.05) is 23.2 Å². The van der Waals surface area contributed by atoms with Gasteiger partial charge in [-0.1, -0.05) is 54.6 Å². The number of phenolic OH excluding ortho intramolecular Hbond substituents is 2. The van der Waals surface area contributed by atoms with Crippen LogP contribution in [0.5, 0.6) is 11.5 Å². The molecule has 0 aromatic heterocycles. The Balaban J connectivity index is 2.00. The van der Waals surface area contributed by atoms with E-state index in [0.717, 1.165) is 22.1 Å². The number of hydrogen-bond acceptors (Lipinski definition) is 3. The molecule has 0 spiro atoms. The summed E-state index contributed by atoms with van der Waals surface area (Å²) in [7, 11) is 0. The zero-order valence-corrected chi connectivity index (χ0v) is 13.4. The highest BCUT2D eigenvalue weighted by atomic mass is 16.3. The third-order valence-corrected chi connectivity index (χ3v) is 4.11. The zero-order chi connectivity index (χ0) is 17.2. The molecular weight excluding hydrogens is 310 g/mol. The largest absolute Gasteiger partial charge is 0.507 e. The fourth-order valence-corrected chi connectivity index (χ4v) is 3.06. The maximum Gasteiger partial charge on any atom is 0.129 e. The Bertz CT molecular complexity index is 1000. The molecule has 0 amide bonds. The minimum absolute atomic E-state index is 0.101. The number of phenols is 2. The Kier molecular flexibility index (Phi) is 3.75. The molecule has 121 valence electrons. The number of hydrogen-bond donors (Lipinski definition) is 2. The van der Waals surface area contributed by atoms with Crippen LogP contribution in [-0.4, -0.2) is 10.2 Å². The van der Waals surface area contributed by atoms with Gasteiger partial charge in [0.25, 0.3) is 0 Å². The molecule has 0 saturated heterocycles. The first-order chi connectivity index (χ1) is 12.2. The number of rotatable bonds is 3. The van der Waals surface area contributed by atoms with Crippen LogP contribution in [0.15, 0.2) is 84.9 Å². The summed E-state index contributed by atoms with van der Waals surface area (Å²) in [5, 5.41) is 22.0. The summed E-state index contributed by atoms with van der Waals surface area (Å²) in [6.07, 6.45) is 0. The van der Waals surface area contributed by atoms with Crippen molar-refractivity contribution in [3.8, 4) is 11.5 Å². The molecule has 0 fully saturated rings. The first-order valence-corrected chi connectivity index (χ1v) is 8.00. The van der Waals surface area contributed by atoms with Crippen LogP contribution in [0.2, 0.25) is 0 Å². The number of para-hydroxylation sites is 1. The van der Waals surface area contributed by atoms with Crippen LogP contribution in [0.25, 0.3) is 10.8 Å². The van der Waals surface area contributed by atoms with Crippen molar-refractivity contribution < 1.29 is 10.2 Å². The van der Waals surface area contributed by atoms with E-state index in [-0.39, 0.29) is 11.5 Å². The Hall–Kier alpha value is -3.46. The molecule has 4 aromatic carbocycles. The average molecular weight is 326 g/mol. The number of aromatic hydroxyl groups is 2. The van der Waals surface area contributed by atoms with Gasteiger partial charge in [-0.2, -0.15) is 0 Å². The summed E-state index contributed by atoms with van der Waals surface area (Å²) in [5.41, 5.74) is 2.56. The Labute approximate surface area is 146 Å². The third-order valence-electron chi connectivity index (χ3n) is 4.11. The van der Waals surface area contributed by atoms with Crippen molar-refractivity contribution in [3.05, 3.63) is 91.0 Å². The maximum atomic E-state index is 9.91. The van der Waals surface area contributed by atoms with E-state index in [2.05, 4.69) is 24.3 Å². The summed E-state index contributed by atoms with van der Waals surface area (Å²) in [5.74, 6) is -0.202. The first kappa shape index (κ1) is 15.1. The summed E-state index contributed by atoms with van der Waals surface area (Å²) in [4.78, 5) is 2.01. The lowest BCUT2D eigenvalue weighted by Gasteiger charge is -2.27. The van der Waals surface area contributed by atoms with E-state index < -0.39 is 0 Å². The molecule has 0 unspecified atom stereocenters. The highest BCUT2D eigenvalue weighted by Crippen LogP contribution is 2.40. The van der Waals surface area contributed by atoms with E-state index in [1.807, 2.05) is 59.5 Å². The van der Waals surface area contributed by atoms with Gasteiger partial charge in [-0.25, -0.2) is 0 Å². The Morgan fingerprint density at radius 1 is 0.640 bits per heavy atom. The van der Waals surface area contributed by atoms with Crippen molar-refractivity contribution in [2.45, 2.75) is 0 Å². The fraction of sp³-hybridized carbons (Fsp3) is 0. The summed E-state index contributed by atoms with van der Waals surface area (Å²) in [6.45, 7) is 0. The molecular formula is C22H16NO2. The van der Waals surface area contributed by atoms with Gasteiger partial charge in [0.15, 0.2) is 0 Å². The smallest absolute Gasteiger partial charge is 0.129 e. The molecule has 0 heterocycles. The molecule has 0 saturated carbocycles. The first-order valence-electron chi connectivity index (χ1n) is 8.00. The van der Waals surface area contributed by atoms with E-state index in [0.29, 0.717) is 5.69 Å². The molecule has 0 aliphatic heterocycles. The van der Waals surface area contributed by atoms with Crippen molar-refractivity contribution in [2.75, 3.05) is 4.90 Å². The van der Waals surface area contributed by atoms with Crippen molar-refractivity contribution in [1.82, 2.24) is 0 Å². The van der Waals surface area contributed by atoms with Crippen LogP contribution >= 0.6 is 0 Å². The monoisotopic (exact) mass is 326 g/mol. The summed E-state index contributed by atoms with van der Waals surface area (Å²) >= 11 is 0. The molecule has 0 aliphatic rings. The van der Waals surface area contributed by atoms with Crippen LogP contribution in [0.1, 0.15) is 0 Å². The second-order valence-corrected chi connectivity index (χ2v) is 5.78. The predicted octanol–water partition coefficient (Wildman–Crippen LogP) is 5.52. The van der Waals surface area contributed by atoms with Gasteiger partial charge in [0.1, 0.15) is 11.5 Å². The molecule has 0 atom stereocenters. The summed E-state index contributed by atoms with van der Waals surface area (Å²) < 4.78 is 0. The maximum absolute atomic E-state index is 9.91. The lowest BCUT2D eigenvalue weighted by Crippen LogP contribution is -2.10. The molecule has 2 N–H and O–H groups in total. The molecule has 25 heavy (non-hydrogen) atoms. The van der Waals surface area contributed by atoms with Crippen molar-refractivity contribution in [2.24, 2.45) is 0 Å². The molecule has 1 radical (unpaired) electrons. The predicted molar refractivity (Wildman–Crippen MR) is 101 cm³/mol. The minimum atomic E-state index is -0.101. The van der Waals surface area contributed by atoms with Gasteiger partial charge in [-0.05, 0) is 23.6 Å².